The van der Waals surface area contributed by atoms with Gasteiger partial charge in [-0.2, -0.15) is 0 Å². The van der Waals surface area contributed by atoms with Gasteiger partial charge in [0.05, 0.1) is 18.5 Å². The molecule has 0 spiro atoms. The van der Waals surface area contributed by atoms with E-state index in [0.717, 1.165) is 21.3 Å². The Hall–Kier alpha value is -2.48. The third kappa shape index (κ3) is 5.81. The van der Waals surface area contributed by atoms with E-state index < -0.39 is 22.0 Å². The predicted molar refractivity (Wildman–Crippen MR) is 126 cm³/mol. The monoisotopic (exact) mass is 480 g/mol. The highest BCUT2D eigenvalue weighted by Gasteiger charge is 2.29. The number of benzene rings is 3. The SMILES string of the molecule is C[C@H](C(=O)NCCOc1cccc2ccccc12)N(c1cc(Cl)cc(Cl)c1)S(C)(=O)=O. The van der Waals surface area contributed by atoms with Crippen molar-refractivity contribution in [3.8, 4) is 5.75 Å². The van der Waals surface area contributed by atoms with Crippen LogP contribution in [-0.4, -0.2) is 39.8 Å². The predicted octanol–water partition coefficient (Wildman–Crippen LogP) is 4.50. The van der Waals surface area contributed by atoms with Crippen LogP contribution in [0.3, 0.4) is 0 Å². The van der Waals surface area contributed by atoms with Crippen LogP contribution in [0.4, 0.5) is 5.69 Å². The molecule has 0 bridgehead atoms. The van der Waals surface area contributed by atoms with Crippen molar-refractivity contribution in [3.63, 3.8) is 0 Å². The average Bonchev–Trinajstić information content (AvgIpc) is 2.69. The molecule has 0 radical (unpaired) electrons. The van der Waals surface area contributed by atoms with E-state index in [-0.39, 0.29) is 28.9 Å². The number of sulfonamides is 1. The maximum absolute atomic E-state index is 12.7. The van der Waals surface area contributed by atoms with Gasteiger partial charge in [-0.05, 0) is 36.6 Å². The summed E-state index contributed by atoms with van der Waals surface area (Å²) in [6.07, 6.45) is 1.02. The van der Waals surface area contributed by atoms with Gasteiger partial charge in [-0.15, -0.1) is 0 Å². The third-order valence-electron chi connectivity index (χ3n) is 4.60. The van der Waals surface area contributed by atoms with Gasteiger partial charge in [0.1, 0.15) is 18.4 Å². The molecule has 31 heavy (non-hydrogen) atoms. The number of halogens is 2. The number of carbonyl (C=O) groups excluding carboxylic acids is 1. The Labute approximate surface area is 191 Å². The second-order valence-corrected chi connectivity index (χ2v) is 9.71. The summed E-state index contributed by atoms with van der Waals surface area (Å²) in [7, 11) is -3.77. The lowest BCUT2D eigenvalue weighted by atomic mass is 10.1. The first-order chi connectivity index (χ1) is 14.7. The zero-order valence-corrected chi connectivity index (χ0v) is 19.3. The molecular formula is C22H22Cl2N2O4S. The minimum absolute atomic E-state index is 0.209. The molecule has 0 aliphatic rings. The second-order valence-electron chi connectivity index (χ2n) is 6.98. The maximum Gasteiger partial charge on any atom is 0.243 e. The van der Waals surface area contributed by atoms with Crippen molar-refractivity contribution < 1.29 is 17.9 Å². The molecule has 0 heterocycles. The Morgan fingerprint density at radius 3 is 2.39 bits per heavy atom. The fraction of sp³-hybridized carbons (Fsp3) is 0.227. The van der Waals surface area contributed by atoms with E-state index in [1.54, 1.807) is 0 Å². The minimum atomic E-state index is -3.77. The van der Waals surface area contributed by atoms with Gasteiger partial charge in [0.25, 0.3) is 0 Å². The largest absolute Gasteiger partial charge is 0.491 e. The smallest absolute Gasteiger partial charge is 0.243 e. The summed E-state index contributed by atoms with van der Waals surface area (Å²) in [6.45, 7) is 1.94. The Kier molecular flexibility index (Phi) is 7.30. The number of fused-ring (bicyclic) bond motifs is 1. The summed E-state index contributed by atoms with van der Waals surface area (Å²) < 4.78 is 31.6. The van der Waals surface area contributed by atoms with E-state index >= 15 is 0 Å². The number of hydrogen-bond acceptors (Lipinski definition) is 4. The molecule has 1 atom stereocenters. The molecule has 3 aromatic rings. The van der Waals surface area contributed by atoms with E-state index in [9.17, 15) is 13.2 Å². The molecule has 0 aliphatic heterocycles. The lowest BCUT2D eigenvalue weighted by molar-refractivity contribution is -0.121. The van der Waals surface area contributed by atoms with Crippen LogP contribution >= 0.6 is 23.2 Å². The van der Waals surface area contributed by atoms with E-state index in [1.807, 2.05) is 42.5 Å². The summed E-state index contributed by atoms with van der Waals surface area (Å²) in [6, 6.07) is 17.0. The van der Waals surface area contributed by atoms with Gasteiger partial charge in [0.2, 0.25) is 15.9 Å². The Balaban J connectivity index is 1.65. The van der Waals surface area contributed by atoms with E-state index in [0.29, 0.717) is 5.75 Å². The number of nitrogens with one attached hydrogen (secondary N) is 1. The summed E-state index contributed by atoms with van der Waals surface area (Å²) >= 11 is 12.0. The van der Waals surface area contributed by atoms with Crippen molar-refractivity contribution in [3.05, 3.63) is 70.7 Å². The lowest BCUT2D eigenvalue weighted by Gasteiger charge is -2.28. The van der Waals surface area contributed by atoms with Crippen LogP contribution in [0.5, 0.6) is 5.75 Å². The summed E-state index contributed by atoms with van der Waals surface area (Å²) in [5, 5.41) is 5.29. The molecule has 0 saturated carbocycles. The van der Waals surface area contributed by atoms with Gasteiger partial charge in [-0.1, -0.05) is 59.6 Å². The van der Waals surface area contributed by atoms with Gasteiger partial charge in [-0.3, -0.25) is 9.10 Å². The van der Waals surface area contributed by atoms with E-state index in [4.69, 9.17) is 27.9 Å². The standard InChI is InChI=1S/C22H22Cl2N2O4S/c1-15(26(31(2,28)29)19-13-17(23)12-18(24)14-19)22(27)25-10-11-30-21-9-5-7-16-6-3-4-8-20(16)21/h3-9,12-15H,10-11H2,1-2H3,(H,25,27)/t15-/m1/s1. The third-order valence-corrected chi connectivity index (χ3v) is 6.28. The van der Waals surface area contributed by atoms with Crippen molar-refractivity contribution in [1.82, 2.24) is 5.32 Å². The van der Waals surface area contributed by atoms with Crippen LogP contribution < -0.4 is 14.4 Å². The van der Waals surface area contributed by atoms with Crippen LogP contribution in [-0.2, 0) is 14.8 Å². The van der Waals surface area contributed by atoms with Crippen LogP contribution in [0.15, 0.2) is 60.7 Å². The zero-order chi connectivity index (χ0) is 22.6. The topological polar surface area (TPSA) is 75.7 Å². The van der Waals surface area contributed by atoms with Crippen molar-refractivity contribution in [1.29, 1.82) is 0 Å². The van der Waals surface area contributed by atoms with Crippen LogP contribution in [0.25, 0.3) is 10.8 Å². The summed E-state index contributed by atoms with van der Waals surface area (Å²) in [4.78, 5) is 12.7. The maximum atomic E-state index is 12.7. The molecule has 0 saturated heterocycles. The fourth-order valence-corrected chi connectivity index (χ4v) is 4.95. The molecular weight excluding hydrogens is 459 g/mol. The number of amides is 1. The quantitative estimate of drug-likeness (QED) is 0.481. The Morgan fingerprint density at radius 2 is 1.71 bits per heavy atom. The molecule has 0 aliphatic carbocycles. The average molecular weight is 481 g/mol. The molecule has 0 fully saturated rings. The van der Waals surface area contributed by atoms with Crippen LogP contribution in [0.2, 0.25) is 10.0 Å². The van der Waals surface area contributed by atoms with Gasteiger partial charge in [-0.25, -0.2) is 8.42 Å². The minimum Gasteiger partial charge on any atom is -0.491 e. The van der Waals surface area contributed by atoms with Gasteiger partial charge in [0, 0.05) is 15.4 Å². The van der Waals surface area contributed by atoms with Gasteiger partial charge < -0.3 is 10.1 Å². The summed E-state index contributed by atoms with van der Waals surface area (Å²) in [5.41, 5.74) is 0.217. The number of rotatable bonds is 8. The van der Waals surface area contributed by atoms with E-state index in [1.165, 1.54) is 25.1 Å². The number of ether oxygens (including phenoxy) is 1. The van der Waals surface area contributed by atoms with Crippen molar-refractivity contribution >= 4 is 55.6 Å². The van der Waals surface area contributed by atoms with Crippen LogP contribution in [0.1, 0.15) is 6.92 Å². The first-order valence-electron chi connectivity index (χ1n) is 9.50. The number of carbonyl (C=O) groups is 1. The van der Waals surface area contributed by atoms with Crippen LogP contribution in [0, 0.1) is 0 Å². The normalized spacial score (nSPS) is 12.4. The molecule has 164 valence electrons. The van der Waals surface area contributed by atoms with Crippen molar-refractivity contribution in [2.45, 2.75) is 13.0 Å². The second kappa shape index (κ2) is 9.77. The number of nitrogens with zero attached hydrogens (tertiary/aromatic N) is 1. The number of hydrogen-bond donors (Lipinski definition) is 1. The molecule has 6 nitrogen and oxygen atoms in total. The molecule has 0 unspecified atom stereocenters. The summed E-state index contributed by atoms with van der Waals surface area (Å²) in [5.74, 6) is 0.245. The molecule has 9 heteroatoms. The van der Waals surface area contributed by atoms with Crippen molar-refractivity contribution in [2.24, 2.45) is 0 Å². The van der Waals surface area contributed by atoms with E-state index in [2.05, 4.69) is 5.32 Å². The lowest BCUT2D eigenvalue weighted by Crippen LogP contribution is -2.48. The molecule has 0 aromatic heterocycles. The van der Waals surface area contributed by atoms with Crippen molar-refractivity contribution in [2.75, 3.05) is 23.7 Å². The molecule has 3 aromatic carbocycles. The van der Waals surface area contributed by atoms with Gasteiger partial charge >= 0.3 is 0 Å². The molecule has 1 amide bonds. The zero-order valence-electron chi connectivity index (χ0n) is 17.0. The first-order valence-corrected chi connectivity index (χ1v) is 12.1. The highest BCUT2D eigenvalue weighted by atomic mass is 35.5. The Morgan fingerprint density at radius 1 is 1.06 bits per heavy atom. The molecule has 1 N–H and O–H groups in total. The van der Waals surface area contributed by atoms with Gasteiger partial charge in [0.15, 0.2) is 0 Å². The Bertz CT molecular complexity index is 1180. The fourth-order valence-electron chi connectivity index (χ4n) is 3.28. The highest BCUT2D eigenvalue weighted by Crippen LogP contribution is 2.29. The molecule has 3 rings (SSSR count). The number of anilines is 1. The highest BCUT2D eigenvalue weighted by molar-refractivity contribution is 7.92. The first kappa shape index (κ1) is 23.2.